The molecular formula is C22H20F2N4O3. The van der Waals surface area contributed by atoms with Gasteiger partial charge in [-0.2, -0.15) is 0 Å². The third-order valence-corrected chi connectivity index (χ3v) is 5.26. The molecule has 1 fully saturated rings. The van der Waals surface area contributed by atoms with Crippen molar-refractivity contribution in [3.63, 3.8) is 0 Å². The molecule has 2 N–H and O–H groups in total. The van der Waals surface area contributed by atoms with Gasteiger partial charge in [-0.3, -0.25) is 9.59 Å². The number of rotatable bonds is 4. The van der Waals surface area contributed by atoms with Crippen LogP contribution in [0.5, 0.6) is 0 Å². The van der Waals surface area contributed by atoms with Gasteiger partial charge in [0, 0.05) is 44.4 Å². The van der Waals surface area contributed by atoms with Gasteiger partial charge in [-0.1, -0.05) is 6.07 Å². The molecule has 0 atom stereocenters. The van der Waals surface area contributed by atoms with Gasteiger partial charge in [0.15, 0.2) is 11.5 Å². The average molecular weight is 426 g/mol. The van der Waals surface area contributed by atoms with Gasteiger partial charge in [-0.25, -0.2) is 13.8 Å². The van der Waals surface area contributed by atoms with Crippen molar-refractivity contribution in [2.24, 2.45) is 5.73 Å². The fourth-order valence-electron chi connectivity index (χ4n) is 3.60. The van der Waals surface area contributed by atoms with Crippen molar-refractivity contribution in [1.29, 1.82) is 0 Å². The fourth-order valence-corrected chi connectivity index (χ4v) is 3.60. The van der Waals surface area contributed by atoms with Crippen molar-refractivity contribution < 1.29 is 22.8 Å². The second-order valence-electron chi connectivity index (χ2n) is 7.20. The van der Waals surface area contributed by atoms with E-state index in [9.17, 15) is 18.4 Å². The van der Waals surface area contributed by atoms with Crippen LogP contribution in [-0.2, 0) is 4.79 Å². The maximum atomic E-state index is 14.1. The van der Waals surface area contributed by atoms with Crippen LogP contribution in [0.15, 0.2) is 46.9 Å². The zero-order chi connectivity index (χ0) is 22.1. The predicted octanol–water partition coefficient (Wildman–Crippen LogP) is 3.05. The Morgan fingerprint density at radius 1 is 1.00 bits per heavy atom. The highest BCUT2D eigenvalue weighted by molar-refractivity contribution is 5.97. The lowest BCUT2D eigenvalue weighted by atomic mass is 10.1. The number of primary amides is 1. The monoisotopic (exact) mass is 426 g/mol. The van der Waals surface area contributed by atoms with E-state index in [-0.39, 0.29) is 23.3 Å². The normalized spacial score (nSPS) is 14.0. The van der Waals surface area contributed by atoms with Gasteiger partial charge in [0.25, 0.3) is 5.91 Å². The lowest BCUT2D eigenvalue weighted by Gasteiger charge is -2.35. The number of carbonyl (C=O) groups is 2. The van der Waals surface area contributed by atoms with Crippen molar-refractivity contribution in [1.82, 2.24) is 9.88 Å². The Hall–Kier alpha value is -3.75. The van der Waals surface area contributed by atoms with Gasteiger partial charge >= 0.3 is 0 Å². The van der Waals surface area contributed by atoms with Crippen LogP contribution < -0.4 is 10.6 Å². The molecule has 7 nitrogen and oxygen atoms in total. The van der Waals surface area contributed by atoms with Crippen molar-refractivity contribution >= 4 is 17.5 Å². The van der Waals surface area contributed by atoms with Gasteiger partial charge in [0.05, 0.1) is 0 Å². The summed E-state index contributed by atoms with van der Waals surface area (Å²) in [5.74, 6) is -2.85. The Bertz CT molecular complexity index is 1120. The number of oxazole rings is 1. The number of anilines is 1. The minimum absolute atomic E-state index is 0.0399. The molecule has 0 radical (unpaired) electrons. The number of benzene rings is 2. The van der Waals surface area contributed by atoms with Crippen LogP contribution in [0.25, 0.3) is 22.8 Å². The lowest BCUT2D eigenvalue weighted by molar-refractivity contribution is -0.129. The van der Waals surface area contributed by atoms with E-state index in [0.29, 0.717) is 31.7 Å². The summed E-state index contributed by atoms with van der Waals surface area (Å²) in [5, 5.41) is 0. The van der Waals surface area contributed by atoms with Crippen LogP contribution in [0.4, 0.5) is 14.5 Å². The summed E-state index contributed by atoms with van der Waals surface area (Å²) < 4.78 is 33.8. The molecule has 4 rings (SSSR count). The van der Waals surface area contributed by atoms with E-state index in [1.807, 2.05) is 12.1 Å². The number of carbonyl (C=O) groups excluding carboxylic acids is 2. The Labute approximate surface area is 177 Å². The minimum atomic E-state index is -0.869. The van der Waals surface area contributed by atoms with Crippen molar-refractivity contribution in [3.05, 3.63) is 59.8 Å². The maximum Gasteiger partial charge on any atom is 0.271 e. The lowest BCUT2D eigenvalue weighted by Crippen LogP contribution is -2.48. The molecule has 3 aromatic rings. The van der Waals surface area contributed by atoms with E-state index in [4.69, 9.17) is 10.2 Å². The van der Waals surface area contributed by atoms with Crippen LogP contribution in [0.2, 0.25) is 0 Å². The van der Waals surface area contributed by atoms with Crippen LogP contribution in [0.3, 0.4) is 0 Å². The first kappa shape index (κ1) is 20.5. The second kappa shape index (κ2) is 8.17. The van der Waals surface area contributed by atoms with E-state index in [0.717, 1.165) is 17.8 Å². The molecule has 31 heavy (non-hydrogen) atoms. The van der Waals surface area contributed by atoms with Crippen molar-refractivity contribution in [2.45, 2.75) is 6.92 Å². The third-order valence-electron chi connectivity index (χ3n) is 5.26. The molecule has 160 valence electrons. The van der Waals surface area contributed by atoms with E-state index >= 15 is 0 Å². The molecule has 0 spiro atoms. The second-order valence-corrected chi connectivity index (χ2v) is 7.20. The quantitative estimate of drug-likeness (QED) is 0.692. The molecule has 0 saturated carbocycles. The number of aromatic nitrogens is 1. The highest BCUT2D eigenvalue weighted by Crippen LogP contribution is 2.33. The van der Waals surface area contributed by atoms with Gasteiger partial charge < -0.3 is 20.0 Å². The molecule has 2 aromatic carbocycles. The van der Waals surface area contributed by atoms with Crippen LogP contribution in [0.1, 0.15) is 17.4 Å². The van der Waals surface area contributed by atoms with E-state index in [2.05, 4.69) is 9.88 Å². The third kappa shape index (κ3) is 3.98. The molecule has 1 saturated heterocycles. The number of halogens is 2. The first-order valence-electron chi connectivity index (χ1n) is 9.71. The fraction of sp³-hybridized carbons (Fsp3) is 0.227. The summed E-state index contributed by atoms with van der Waals surface area (Å²) in [6, 6.07) is 10.5. The smallest absolute Gasteiger partial charge is 0.271 e. The molecule has 2 heterocycles. The Morgan fingerprint density at radius 3 is 2.16 bits per heavy atom. The molecule has 0 bridgehead atoms. The molecule has 1 aliphatic heterocycles. The highest BCUT2D eigenvalue weighted by Gasteiger charge is 2.24. The van der Waals surface area contributed by atoms with Crippen LogP contribution >= 0.6 is 0 Å². The summed E-state index contributed by atoms with van der Waals surface area (Å²) >= 11 is 0. The number of nitrogens with two attached hydrogens (primary N) is 1. The first-order valence-corrected chi connectivity index (χ1v) is 9.71. The van der Waals surface area contributed by atoms with Crippen LogP contribution in [0, 0.1) is 11.6 Å². The molecule has 0 aliphatic carbocycles. The van der Waals surface area contributed by atoms with Crippen LogP contribution in [-0.4, -0.2) is 47.9 Å². The summed E-state index contributed by atoms with van der Waals surface area (Å²) in [5.41, 5.74) is 6.18. The standard InChI is InChI=1S/C22H20F2N4O3/c1-13(29)27-9-11-28(12-10-27)15-7-5-14(6-8-15)20-19(21(25)30)26-22(31-20)18-16(23)3-2-4-17(18)24/h2-8H,9-12H2,1H3,(H2,25,30). The Kier molecular flexibility index (Phi) is 5.41. The van der Waals surface area contributed by atoms with Gasteiger partial charge in [0.2, 0.25) is 11.8 Å². The summed E-state index contributed by atoms with van der Waals surface area (Å²) in [4.78, 5) is 31.2. The predicted molar refractivity (Wildman–Crippen MR) is 110 cm³/mol. The highest BCUT2D eigenvalue weighted by atomic mass is 19.1. The zero-order valence-corrected chi connectivity index (χ0v) is 16.8. The number of nitrogens with zero attached hydrogens (tertiary/aromatic N) is 3. The Balaban J connectivity index is 1.63. The van der Waals surface area contributed by atoms with Gasteiger partial charge in [-0.15, -0.1) is 0 Å². The van der Waals surface area contributed by atoms with Crippen molar-refractivity contribution in [2.75, 3.05) is 31.1 Å². The molecule has 1 aliphatic rings. The zero-order valence-electron chi connectivity index (χ0n) is 16.8. The SMILES string of the molecule is CC(=O)N1CCN(c2ccc(-c3oc(-c4c(F)cccc4F)nc3C(N)=O)cc2)CC1. The largest absolute Gasteiger partial charge is 0.435 e. The number of hydrogen-bond acceptors (Lipinski definition) is 5. The summed E-state index contributed by atoms with van der Waals surface area (Å²) in [6.45, 7) is 4.24. The van der Waals surface area contributed by atoms with E-state index in [1.54, 1.807) is 24.0 Å². The Morgan fingerprint density at radius 2 is 1.61 bits per heavy atom. The molecule has 1 aromatic heterocycles. The van der Waals surface area contributed by atoms with E-state index in [1.165, 1.54) is 6.07 Å². The molecule has 0 unspecified atom stereocenters. The minimum Gasteiger partial charge on any atom is -0.435 e. The van der Waals surface area contributed by atoms with Crippen molar-refractivity contribution in [3.8, 4) is 22.8 Å². The first-order chi connectivity index (χ1) is 14.8. The van der Waals surface area contributed by atoms with E-state index < -0.39 is 23.1 Å². The number of hydrogen-bond donors (Lipinski definition) is 1. The topological polar surface area (TPSA) is 92.7 Å². The summed E-state index contributed by atoms with van der Waals surface area (Å²) in [6.07, 6.45) is 0. The number of amides is 2. The van der Waals surface area contributed by atoms with Gasteiger partial charge in [0.1, 0.15) is 17.2 Å². The maximum absolute atomic E-state index is 14.1. The molecule has 9 heteroatoms. The van der Waals surface area contributed by atoms with Gasteiger partial charge in [-0.05, 0) is 36.4 Å². The molecule has 2 amide bonds. The molecular weight excluding hydrogens is 406 g/mol. The average Bonchev–Trinajstić information content (AvgIpc) is 3.19. The summed E-state index contributed by atoms with van der Waals surface area (Å²) in [7, 11) is 0. The number of piperazine rings is 1.